The zero-order chi connectivity index (χ0) is 68.3. The van der Waals surface area contributed by atoms with Crippen molar-refractivity contribution in [1.82, 2.24) is 51.9 Å². The number of anilines is 1. The molecule has 13 atom stereocenters. The monoisotopic (exact) mass is 1370 g/mol. The van der Waals surface area contributed by atoms with Crippen molar-refractivity contribution in [2.75, 3.05) is 70.6 Å². The lowest BCUT2D eigenvalue weighted by molar-refractivity contribution is -0.433. The van der Waals surface area contributed by atoms with Gasteiger partial charge in [-0.05, 0) is 74.0 Å². The van der Waals surface area contributed by atoms with Crippen LogP contribution in [0.25, 0.3) is 21.1 Å². The number of hydrogen-bond donors (Lipinski definition) is 16. The first kappa shape index (κ1) is 72.0. The first-order valence-corrected chi connectivity index (χ1v) is 32.3. The van der Waals surface area contributed by atoms with Crippen molar-refractivity contribution in [3.8, 4) is 32.6 Å². The molecule has 95 heavy (non-hydrogen) atoms. The van der Waals surface area contributed by atoms with Crippen LogP contribution in [0.15, 0.2) is 66.7 Å². The number of rotatable bonds is 20. The van der Waals surface area contributed by atoms with E-state index in [9.17, 15) is 79.5 Å². The summed E-state index contributed by atoms with van der Waals surface area (Å²) in [4.78, 5) is 106. The summed E-state index contributed by atoms with van der Waals surface area (Å²) in [6.45, 7) is 2.40. The highest BCUT2D eigenvalue weighted by Gasteiger charge is 2.50. The Labute approximate surface area is 552 Å². The van der Waals surface area contributed by atoms with E-state index in [1.807, 2.05) is 24.3 Å². The minimum Gasteiger partial charge on any atom is -0.504 e. The smallest absolute Gasteiger partial charge is 0.261 e. The summed E-state index contributed by atoms with van der Waals surface area (Å²) in [5.74, 6) is -10.1. The van der Waals surface area contributed by atoms with Gasteiger partial charge in [0.1, 0.15) is 46.3 Å². The molecule has 5 saturated heterocycles. The molecule has 0 saturated carbocycles. The Balaban J connectivity index is 0.983. The average molecular weight is 1370 g/mol. The molecule has 16 N–H and O–H groups in total. The lowest BCUT2D eigenvalue weighted by Crippen LogP contribution is -2.64. The minimum atomic E-state index is -2.16. The third-order valence-corrected chi connectivity index (χ3v) is 18.7. The van der Waals surface area contributed by atoms with Crippen LogP contribution < -0.4 is 41.0 Å². The molecule has 33 nitrogen and oxygen atoms in total. The van der Waals surface area contributed by atoms with E-state index in [0.717, 1.165) is 66.0 Å². The number of fused-ring (bicyclic) bond motifs is 2. The lowest BCUT2D eigenvalue weighted by Gasteiger charge is -2.38. The van der Waals surface area contributed by atoms with Gasteiger partial charge < -0.3 is 106 Å². The summed E-state index contributed by atoms with van der Waals surface area (Å²) >= 11 is 1.37. The van der Waals surface area contributed by atoms with E-state index in [1.165, 1.54) is 36.5 Å². The van der Waals surface area contributed by atoms with Crippen molar-refractivity contribution in [2.45, 2.75) is 137 Å². The van der Waals surface area contributed by atoms with E-state index in [0.29, 0.717) is 28.8 Å². The van der Waals surface area contributed by atoms with Crippen LogP contribution in [-0.4, -0.2) is 263 Å². The summed E-state index contributed by atoms with van der Waals surface area (Å²) in [5.41, 5.74) is 2.57. The molecule has 0 radical (unpaired) electrons. The molecule has 3 aromatic carbocycles. The van der Waals surface area contributed by atoms with E-state index in [2.05, 4.69) is 56.4 Å². The number of β-amino-alcohol motifs (C(OH)–C–C–N with tert-alkyl or cyclic N) is 1. The number of ether oxygens (including phenoxy) is 2. The highest BCUT2D eigenvalue weighted by molar-refractivity contribution is 7.90. The number of nitrogens with zero attached hydrogens (tertiary/aromatic N) is 5. The zero-order valence-corrected chi connectivity index (χ0v) is 53.3. The first-order valence-electron chi connectivity index (χ1n) is 30.9. The second kappa shape index (κ2) is 32.6. The van der Waals surface area contributed by atoms with Gasteiger partial charge >= 0.3 is 0 Å². The molecule has 5 aliphatic heterocycles. The highest BCUT2D eigenvalue weighted by atomic mass is 32.2. The standard InChI is InChI=1S/C60H79N11O22S2/c1-30-26-71-49(50(30)80)55(85)62-25-38(75)23-40(63-51(81)33-4-6-34(7-5-33)56-67-68-57(94-56)35-8-10-37(11-9-35)69-17-14-60(15-18-69)89-19-20-90-60)52(82)64-46(31(2)74)58(86)70-27-39(76)24-41(70)53(83)65-47(44(79)21-32-3-12-42(77)45(22-32)91-95-93-92-88)54(84)66-48(59(71)87)43(78)13-16-61-36(28-72)29-73/h3-12,22,30-31,36,38-41,43-44,46-50,61,72-80,88H,13-21,23-29H2,1-2H3,(H,62,85)(H,63,81)(H,64,82)(H,65,83)(H,66,84)/t30-,31+,38+,39+,40?,41-,43+,44+,46-,47-,48-,49-,50-/m0/s1. The topological polar surface area (TPSA) is 476 Å². The molecule has 0 bridgehead atoms. The number of hydrogen-bond acceptors (Lipinski definition) is 28. The Morgan fingerprint density at radius 1 is 0.779 bits per heavy atom. The van der Waals surface area contributed by atoms with Crippen molar-refractivity contribution in [3.05, 3.63) is 77.9 Å². The van der Waals surface area contributed by atoms with Crippen LogP contribution in [0, 0.1) is 5.92 Å². The number of carbonyl (C=O) groups is 7. The van der Waals surface area contributed by atoms with Crippen LogP contribution in [-0.2, 0) is 54.0 Å². The Morgan fingerprint density at radius 3 is 2.05 bits per heavy atom. The molecule has 9 rings (SSSR count). The molecule has 5 fully saturated rings. The van der Waals surface area contributed by atoms with Gasteiger partial charge in [-0.15, -0.1) is 10.2 Å². The SMILES string of the molecule is C[C@@H](O)[C@@H]1NC(=O)C(NC(=O)c2ccc(-c3nnc(-c4ccc(N5CCC6(CC5)OCCO6)cc4)s3)cc2)C[C@@H](O)CNC(=O)[C@@H]2[C@@H](O)[C@@H](C)CN2C(=O)[C@H]([C@H](O)CCNC(CO)CO)NC(=O)[C@H]([C@H](O)Cc2ccc(O)c(OSOOO)c2)NC(=O)[C@@H]2C[C@@H](O)CN2C1=O. The van der Waals surface area contributed by atoms with Crippen LogP contribution in [0.1, 0.15) is 61.9 Å². The van der Waals surface area contributed by atoms with Gasteiger partial charge in [0.05, 0.1) is 69.1 Å². The van der Waals surface area contributed by atoms with Gasteiger partial charge in [0.15, 0.2) is 17.3 Å². The Bertz CT molecular complexity index is 3300. The molecule has 1 aromatic heterocycles. The molecule has 35 heteroatoms. The number of nitrogens with one attached hydrogen (secondary N) is 6. The summed E-state index contributed by atoms with van der Waals surface area (Å²) in [6.07, 6.45) is -11.2. The number of benzene rings is 3. The Morgan fingerprint density at radius 2 is 1.41 bits per heavy atom. The maximum atomic E-state index is 15.0. The molecular weight excluding hydrogens is 1290 g/mol. The molecule has 1 spiro atoms. The van der Waals surface area contributed by atoms with Gasteiger partial charge in [-0.1, -0.05) is 45.8 Å². The number of piperidine rings is 1. The fourth-order valence-electron chi connectivity index (χ4n) is 12.1. The molecule has 6 heterocycles. The van der Waals surface area contributed by atoms with Gasteiger partial charge in [-0.3, -0.25) is 33.6 Å². The van der Waals surface area contributed by atoms with E-state index >= 15 is 0 Å². The van der Waals surface area contributed by atoms with Gasteiger partial charge in [-0.25, -0.2) is 5.26 Å². The van der Waals surface area contributed by atoms with Gasteiger partial charge in [-0.2, -0.15) is 0 Å². The number of carbonyl (C=O) groups excluding carboxylic acids is 7. The van der Waals surface area contributed by atoms with Crippen LogP contribution in [0.4, 0.5) is 5.69 Å². The summed E-state index contributed by atoms with van der Waals surface area (Å²) < 4.78 is 21.1. The number of aliphatic hydroxyl groups is 8. The average Bonchev–Trinajstić information content (AvgIpc) is 1.87. The number of aliphatic hydroxyl groups excluding tert-OH is 8. The first-order chi connectivity index (χ1) is 45.5. The predicted molar refractivity (Wildman–Crippen MR) is 333 cm³/mol. The maximum absolute atomic E-state index is 15.0. The van der Waals surface area contributed by atoms with Crippen LogP contribution >= 0.6 is 23.7 Å². The van der Waals surface area contributed by atoms with E-state index in [4.69, 9.17) is 18.9 Å². The van der Waals surface area contributed by atoms with E-state index in [1.54, 1.807) is 12.1 Å². The normalized spacial score (nSPS) is 26.6. The predicted octanol–water partition coefficient (Wildman–Crippen LogP) is -3.43. The number of aromatic nitrogens is 2. The number of aromatic hydroxyl groups is 1. The molecule has 0 aliphatic carbocycles. The highest BCUT2D eigenvalue weighted by Crippen LogP contribution is 2.36. The van der Waals surface area contributed by atoms with Gasteiger partial charge in [0, 0.05) is 93.1 Å². The maximum Gasteiger partial charge on any atom is 0.261 e. The van der Waals surface area contributed by atoms with Crippen LogP contribution in [0.5, 0.6) is 11.5 Å². The summed E-state index contributed by atoms with van der Waals surface area (Å²) in [7, 11) is 0. The van der Waals surface area contributed by atoms with Crippen molar-refractivity contribution in [1.29, 1.82) is 0 Å². The minimum absolute atomic E-state index is 0.00952. The van der Waals surface area contributed by atoms with Crippen molar-refractivity contribution in [2.24, 2.45) is 5.92 Å². The fourth-order valence-corrected chi connectivity index (χ4v) is 13.2. The second-order valence-corrected chi connectivity index (χ2v) is 25.4. The van der Waals surface area contributed by atoms with Crippen LogP contribution in [0.3, 0.4) is 0 Å². The second-order valence-electron chi connectivity index (χ2n) is 24.0. The van der Waals surface area contributed by atoms with E-state index < -0.39 is 190 Å². The number of amides is 7. The number of phenols is 1. The zero-order valence-electron chi connectivity index (χ0n) is 51.7. The van der Waals surface area contributed by atoms with Gasteiger partial charge in [0.25, 0.3) is 18.2 Å². The van der Waals surface area contributed by atoms with Crippen molar-refractivity contribution >= 4 is 70.7 Å². The van der Waals surface area contributed by atoms with Crippen molar-refractivity contribution < 1.29 is 108 Å². The summed E-state index contributed by atoms with van der Waals surface area (Å²) in [6, 6.07) is 5.26. The Kier molecular flexibility index (Phi) is 24.7. The van der Waals surface area contributed by atoms with Crippen molar-refractivity contribution in [3.63, 3.8) is 0 Å². The Hall–Kier alpha value is -7.30. The molecule has 518 valence electrons. The third-order valence-electron chi connectivity index (χ3n) is 17.3. The van der Waals surface area contributed by atoms with Gasteiger partial charge in [0.2, 0.25) is 35.4 Å². The summed E-state index contributed by atoms with van der Waals surface area (Å²) in [5, 5.41) is 136. The van der Waals surface area contributed by atoms with E-state index in [-0.39, 0.29) is 42.3 Å². The molecule has 5 aliphatic rings. The molecule has 4 aromatic rings. The third kappa shape index (κ3) is 17.7. The number of phenolic OH excluding ortho intramolecular Hbond substituents is 1. The largest absolute Gasteiger partial charge is 0.504 e. The van der Waals surface area contributed by atoms with Crippen LogP contribution in [0.2, 0.25) is 0 Å². The molecule has 1 unspecified atom stereocenters. The lowest BCUT2D eigenvalue weighted by atomic mass is 9.98. The molecule has 7 amide bonds. The quantitative estimate of drug-likeness (QED) is 0.0177. The molecular formula is C60H79N11O22S2. The fraction of sp³-hybridized carbons (Fsp3) is 0.550.